The molecule has 2 nitrogen and oxygen atoms in total. The minimum absolute atomic E-state index is 0.174. The highest BCUT2D eigenvalue weighted by Gasteiger charge is 2.07. The van der Waals surface area contributed by atoms with Gasteiger partial charge in [0.05, 0.1) is 5.02 Å². The van der Waals surface area contributed by atoms with Crippen LogP contribution in [0.4, 0.5) is 0 Å². The first-order chi connectivity index (χ1) is 9.99. The van der Waals surface area contributed by atoms with E-state index in [4.69, 9.17) is 22.1 Å². The summed E-state index contributed by atoms with van der Waals surface area (Å²) in [6.45, 7) is 6.24. The van der Waals surface area contributed by atoms with Crippen molar-refractivity contribution in [3.05, 3.63) is 58.1 Å². The third-order valence-corrected chi connectivity index (χ3v) is 4.02. The minimum atomic E-state index is 0.174. The highest BCUT2D eigenvalue weighted by Crippen LogP contribution is 2.31. The molecule has 0 spiro atoms. The average molecular weight is 304 g/mol. The molecule has 0 radical (unpaired) electrons. The Kier molecular flexibility index (Phi) is 5.27. The van der Waals surface area contributed by atoms with Crippen molar-refractivity contribution >= 4 is 11.6 Å². The molecule has 2 N–H and O–H groups in total. The molecular formula is C18H22ClNO. The maximum Gasteiger partial charge on any atom is 0.146 e. The topological polar surface area (TPSA) is 35.2 Å². The Balaban J connectivity index is 2.15. The second-order valence-corrected chi connectivity index (χ2v) is 5.89. The van der Waals surface area contributed by atoms with E-state index in [-0.39, 0.29) is 6.04 Å². The van der Waals surface area contributed by atoms with E-state index in [1.165, 1.54) is 11.1 Å². The molecule has 1 unspecified atom stereocenters. The Morgan fingerprint density at radius 2 is 1.86 bits per heavy atom. The van der Waals surface area contributed by atoms with Crippen molar-refractivity contribution in [3.8, 4) is 11.5 Å². The number of hydrogen-bond donors (Lipinski definition) is 1. The Morgan fingerprint density at radius 3 is 2.48 bits per heavy atom. The van der Waals surface area contributed by atoms with Crippen LogP contribution in [-0.4, -0.2) is 6.04 Å². The summed E-state index contributed by atoms with van der Waals surface area (Å²) in [5, 5.41) is 0.619. The number of ether oxygens (including phenoxy) is 1. The van der Waals surface area contributed by atoms with Crippen LogP contribution in [0, 0.1) is 13.8 Å². The summed E-state index contributed by atoms with van der Waals surface area (Å²) in [6, 6.07) is 12.1. The Hall–Kier alpha value is -1.51. The summed E-state index contributed by atoms with van der Waals surface area (Å²) in [5.74, 6) is 1.48. The third kappa shape index (κ3) is 4.23. The Morgan fingerprint density at radius 1 is 1.10 bits per heavy atom. The van der Waals surface area contributed by atoms with Gasteiger partial charge in [-0.2, -0.15) is 0 Å². The number of rotatable bonds is 5. The van der Waals surface area contributed by atoms with E-state index in [1.807, 2.05) is 36.4 Å². The van der Waals surface area contributed by atoms with Crippen LogP contribution in [0.15, 0.2) is 36.4 Å². The van der Waals surface area contributed by atoms with Crippen molar-refractivity contribution in [1.29, 1.82) is 0 Å². The maximum absolute atomic E-state index is 6.31. The van der Waals surface area contributed by atoms with E-state index in [0.717, 1.165) is 24.2 Å². The number of benzene rings is 2. The standard InChI is InChI=1S/C18H22ClNO/c1-4-15(20)10-14-6-8-18(17(19)11-14)21-16-7-5-12(2)13(3)9-16/h5-9,11,15H,4,10,20H2,1-3H3. The molecule has 21 heavy (non-hydrogen) atoms. The number of hydrogen-bond acceptors (Lipinski definition) is 2. The predicted octanol–water partition coefficient (Wildman–Crippen LogP) is 5.03. The average Bonchev–Trinajstić information content (AvgIpc) is 2.45. The zero-order valence-corrected chi connectivity index (χ0v) is 13.6. The van der Waals surface area contributed by atoms with Crippen LogP contribution in [0.3, 0.4) is 0 Å². The van der Waals surface area contributed by atoms with Gasteiger partial charge >= 0.3 is 0 Å². The molecule has 112 valence electrons. The van der Waals surface area contributed by atoms with Gasteiger partial charge in [-0.15, -0.1) is 0 Å². The molecule has 0 heterocycles. The van der Waals surface area contributed by atoms with E-state index in [1.54, 1.807) is 0 Å². The highest BCUT2D eigenvalue weighted by atomic mass is 35.5. The zero-order chi connectivity index (χ0) is 15.4. The number of aryl methyl sites for hydroxylation is 2. The first-order valence-corrected chi connectivity index (χ1v) is 7.66. The lowest BCUT2D eigenvalue weighted by atomic mass is 10.0. The van der Waals surface area contributed by atoms with Crippen molar-refractivity contribution in [2.24, 2.45) is 5.73 Å². The lowest BCUT2D eigenvalue weighted by molar-refractivity contribution is 0.482. The van der Waals surface area contributed by atoms with E-state index in [2.05, 4.69) is 20.8 Å². The summed E-state index contributed by atoms with van der Waals surface area (Å²) >= 11 is 6.31. The molecule has 0 saturated carbocycles. The first kappa shape index (κ1) is 15.9. The van der Waals surface area contributed by atoms with Gasteiger partial charge in [-0.05, 0) is 67.6 Å². The number of halogens is 1. The van der Waals surface area contributed by atoms with Crippen LogP contribution in [0.25, 0.3) is 0 Å². The van der Waals surface area contributed by atoms with Crippen molar-refractivity contribution in [3.63, 3.8) is 0 Å². The molecule has 2 aromatic rings. The van der Waals surface area contributed by atoms with Crippen LogP contribution in [0.5, 0.6) is 11.5 Å². The summed E-state index contributed by atoms with van der Waals surface area (Å²) in [5.41, 5.74) is 9.56. The van der Waals surface area contributed by atoms with Crippen LogP contribution < -0.4 is 10.5 Å². The van der Waals surface area contributed by atoms with Crippen LogP contribution in [0.1, 0.15) is 30.0 Å². The normalized spacial score (nSPS) is 12.2. The smallest absolute Gasteiger partial charge is 0.146 e. The van der Waals surface area contributed by atoms with Crippen LogP contribution in [-0.2, 0) is 6.42 Å². The molecule has 0 saturated heterocycles. The van der Waals surface area contributed by atoms with Gasteiger partial charge in [-0.25, -0.2) is 0 Å². The second-order valence-electron chi connectivity index (χ2n) is 5.49. The molecule has 2 rings (SSSR count). The van der Waals surface area contributed by atoms with Crippen molar-refractivity contribution in [1.82, 2.24) is 0 Å². The lowest BCUT2D eigenvalue weighted by Crippen LogP contribution is -2.21. The van der Waals surface area contributed by atoms with Gasteiger partial charge in [0.15, 0.2) is 0 Å². The van der Waals surface area contributed by atoms with E-state index < -0.39 is 0 Å². The molecule has 0 aliphatic carbocycles. The fraction of sp³-hybridized carbons (Fsp3) is 0.333. The van der Waals surface area contributed by atoms with Gasteiger partial charge in [-0.1, -0.05) is 30.7 Å². The Bertz CT molecular complexity index is 625. The molecule has 2 aromatic carbocycles. The molecule has 0 bridgehead atoms. The van der Waals surface area contributed by atoms with E-state index >= 15 is 0 Å². The molecule has 0 aliphatic rings. The predicted molar refractivity (Wildman–Crippen MR) is 89.4 cm³/mol. The lowest BCUT2D eigenvalue weighted by Gasteiger charge is -2.12. The molecule has 0 aromatic heterocycles. The Labute approximate surface area is 131 Å². The molecule has 0 aliphatic heterocycles. The molecule has 1 atom stereocenters. The fourth-order valence-electron chi connectivity index (χ4n) is 2.11. The van der Waals surface area contributed by atoms with Crippen molar-refractivity contribution in [2.45, 2.75) is 39.7 Å². The fourth-order valence-corrected chi connectivity index (χ4v) is 2.35. The SMILES string of the molecule is CCC(N)Cc1ccc(Oc2ccc(C)c(C)c2)c(Cl)c1. The van der Waals surface area contributed by atoms with Gasteiger partial charge in [0.2, 0.25) is 0 Å². The highest BCUT2D eigenvalue weighted by molar-refractivity contribution is 6.32. The molecule has 3 heteroatoms. The summed E-state index contributed by atoms with van der Waals surface area (Å²) in [4.78, 5) is 0. The zero-order valence-electron chi connectivity index (χ0n) is 12.8. The third-order valence-electron chi connectivity index (χ3n) is 3.72. The minimum Gasteiger partial charge on any atom is -0.456 e. The summed E-state index contributed by atoms with van der Waals surface area (Å²) in [6.07, 6.45) is 1.79. The van der Waals surface area contributed by atoms with Crippen molar-refractivity contribution in [2.75, 3.05) is 0 Å². The molecule has 0 fully saturated rings. The molecule has 0 amide bonds. The summed E-state index contributed by atoms with van der Waals surface area (Å²) in [7, 11) is 0. The van der Waals surface area contributed by atoms with Crippen LogP contribution in [0.2, 0.25) is 5.02 Å². The van der Waals surface area contributed by atoms with E-state index in [9.17, 15) is 0 Å². The van der Waals surface area contributed by atoms with Crippen molar-refractivity contribution < 1.29 is 4.74 Å². The second kappa shape index (κ2) is 6.97. The summed E-state index contributed by atoms with van der Waals surface area (Å²) < 4.78 is 5.87. The largest absolute Gasteiger partial charge is 0.456 e. The quantitative estimate of drug-likeness (QED) is 0.841. The monoisotopic (exact) mass is 303 g/mol. The number of nitrogens with two attached hydrogens (primary N) is 1. The molecular weight excluding hydrogens is 282 g/mol. The van der Waals surface area contributed by atoms with E-state index in [0.29, 0.717) is 10.8 Å². The van der Waals surface area contributed by atoms with Gasteiger partial charge in [0, 0.05) is 6.04 Å². The van der Waals surface area contributed by atoms with Gasteiger partial charge < -0.3 is 10.5 Å². The van der Waals surface area contributed by atoms with Crippen LogP contribution >= 0.6 is 11.6 Å². The van der Waals surface area contributed by atoms with Gasteiger partial charge in [0.1, 0.15) is 11.5 Å². The van der Waals surface area contributed by atoms with Gasteiger partial charge in [0.25, 0.3) is 0 Å². The first-order valence-electron chi connectivity index (χ1n) is 7.28. The van der Waals surface area contributed by atoms with Gasteiger partial charge in [-0.3, -0.25) is 0 Å². The maximum atomic E-state index is 6.31.